The van der Waals surface area contributed by atoms with E-state index in [0.717, 1.165) is 6.42 Å². The van der Waals surface area contributed by atoms with Gasteiger partial charge in [-0.05, 0) is 24.5 Å². The van der Waals surface area contributed by atoms with Gasteiger partial charge < -0.3 is 5.32 Å². The molecule has 15 heavy (non-hydrogen) atoms. The molecule has 4 heteroatoms. The highest BCUT2D eigenvalue weighted by Crippen LogP contribution is 2.03. The third-order valence-corrected chi connectivity index (χ3v) is 2.01. The summed E-state index contributed by atoms with van der Waals surface area (Å²) in [7, 11) is 0. The van der Waals surface area contributed by atoms with Gasteiger partial charge in [0.25, 0.3) is 5.91 Å². The molecule has 1 N–H and O–H groups in total. The lowest BCUT2D eigenvalue weighted by Crippen LogP contribution is -2.26. The van der Waals surface area contributed by atoms with Crippen LogP contribution in [0, 0.1) is 11.9 Å². The summed E-state index contributed by atoms with van der Waals surface area (Å²) >= 11 is 0. The van der Waals surface area contributed by atoms with Gasteiger partial charge in [0.15, 0.2) is 0 Å². The lowest BCUT2D eigenvalue weighted by Gasteiger charge is -2.07. The van der Waals surface area contributed by atoms with Crippen molar-refractivity contribution in [2.24, 2.45) is 5.92 Å². The van der Waals surface area contributed by atoms with Gasteiger partial charge in [0.05, 0.1) is 5.56 Å². The summed E-state index contributed by atoms with van der Waals surface area (Å²) < 4.78 is 13.1. The van der Waals surface area contributed by atoms with Crippen molar-refractivity contribution in [1.82, 2.24) is 10.3 Å². The zero-order valence-electron chi connectivity index (χ0n) is 8.96. The average molecular weight is 210 g/mol. The van der Waals surface area contributed by atoms with Crippen LogP contribution in [0.1, 0.15) is 30.6 Å². The van der Waals surface area contributed by atoms with Crippen LogP contribution in [0.4, 0.5) is 4.39 Å². The first kappa shape index (κ1) is 11.6. The Morgan fingerprint density at radius 3 is 2.93 bits per heavy atom. The summed E-state index contributed by atoms with van der Waals surface area (Å²) in [6.45, 7) is 4.69. The molecule has 1 aromatic rings. The maximum Gasteiger partial charge on any atom is 0.255 e. The second-order valence-electron chi connectivity index (χ2n) is 3.78. The number of halogens is 1. The van der Waals surface area contributed by atoms with Gasteiger partial charge in [-0.2, -0.15) is 4.39 Å². The van der Waals surface area contributed by atoms with E-state index >= 15 is 0 Å². The molecular weight excluding hydrogens is 195 g/mol. The standard InChI is InChI=1S/C11H15FN2O/c1-8(2)5-7-14-11(15)9-4-3-6-13-10(9)12/h3-4,6,8H,5,7H2,1-2H3,(H,14,15). The molecule has 1 heterocycles. The van der Waals surface area contributed by atoms with Crippen molar-refractivity contribution in [3.63, 3.8) is 0 Å². The quantitative estimate of drug-likeness (QED) is 0.772. The smallest absolute Gasteiger partial charge is 0.255 e. The van der Waals surface area contributed by atoms with Crippen molar-refractivity contribution in [3.8, 4) is 0 Å². The average Bonchev–Trinajstić information content (AvgIpc) is 2.17. The highest BCUT2D eigenvalue weighted by Gasteiger charge is 2.10. The van der Waals surface area contributed by atoms with E-state index in [1.54, 1.807) is 6.07 Å². The molecule has 0 aliphatic heterocycles. The Labute approximate surface area is 88.7 Å². The molecule has 0 saturated heterocycles. The lowest BCUT2D eigenvalue weighted by atomic mass is 10.1. The number of rotatable bonds is 4. The molecule has 0 aliphatic carbocycles. The molecule has 82 valence electrons. The van der Waals surface area contributed by atoms with Gasteiger partial charge in [0.2, 0.25) is 5.95 Å². The molecule has 1 rings (SSSR count). The molecule has 0 bridgehead atoms. The van der Waals surface area contributed by atoms with Gasteiger partial charge in [-0.15, -0.1) is 0 Å². The Kier molecular flexibility index (Phi) is 4.21. The van der Waals surface area contributed by atoms with E-state index < -0.39 is 11.9 Å². The van der Waals surface area contributed by atoms with E-state index in [4.69, 9.17) is 0 Å². The number of hydrogen-bond donors (Lipinski definition) is 1. The summed E-state index contributed by atoms with van der Waals surface area (Å²) in [6, 6.07) is 2.97. The summed E-state index contributed by atoms with van der Waals surface area (Å²) in [4.78, 5) is 14.9. The van der Waals surface area contributed by atoms with E-state index in [1.807, 2.05) is 0 Å². The Bertz CT molecular complexity index is 339. The Balaban J connectivity index is 2.51. The molecule has 0 unspecified atom stereocenters. The van der Waals surface area contributed by atoms with Gasteiger partial charge >= 0.3 is 0 Å². The van der Waals surface area contributed by atoms with Crippen LogP contribution in [0.15, 0.2) is 18.3 Å². The van der Waals surface area contributed by atoms with E-state index in [0.29, 0.717) is 12.5 Å². The normalized spacial score (nSPS) is 10.4. The van der Waals surface area contributed by atoms with E-state index in [9.17, 15) is 9.18 Å². The molecule has 0 aliphatic rings. The highest BCUT2D eigenvalue weighted by atomic mass is 19.1. The topological polar surface area (TPSA) is 42.0 Å². The van der Waals surface area contributed by atoms with Crippen LogP contribution in [0.25, 0.3) is 0 Å². The third kappa shape index (κ3) is 3.65. The lowest BCUT2D eigenvalue weighted by molar-refractivity contribution is 0.0947. The number of carbonyl (C=O) groups excluding carboxylic acids is 1. The van der Waals surface area contributed by atoms with Gasteiger partial charge in [-0.25, -0.2) is 4.98 Å². The number of nitrogens with zero attached hydrogens (tertiary/aromatic N) is 1. The van der Waals surface area contributed by atoms with Crippen molar-refractivity contribution in [1.29, 1.82) is 0 Å². The third-order valence-electron chi connectivity index (χ3n) is 2.01. The zero-order valence-corrected chi connectivity index (χ0v) is 8.96. The first-order valence-corrected chi connectivity index (χ1v) is 5.00. The first-order valence-electron chi connectivity index (χ1n) is 5.00. The Morgan fingerprint density at radius 2 is 2.33 bits per heavy atom. The molecule has 0 saturated carbocycles. The van der Waals surface area contributed by atoms with Crippen molar-refractivity contribution in [3.05, 3.63) is 29.8 Å². The molecule has 0 atom stereocenters. The number of amides is 1. The van der Waals surface area contributed by atoms with Gasteiger partial charge in [0.1, 0.15) is 0 Å². The summed E-state index contributed by atoms with van der Waals surface area (Å²) in [6.07, 6.45) is 2.20. The van der Waals surface area contributed by atoms with Crippen molar-refractivity contribution in [2.75, 3.05) is 6.54 Å². The predicted molar refractivity (Wildman–Crippen MR) is 56.0 cm³/mol. The molecule has 0 fully saturated rings. The largest absolute Gasteiger partial charge is 0.352 e. The van der Waals surface area contributed by atoms with Crippen molar-refractivity contribution >= 4 is 5.91 Å². The van der Waals surface area contributed by atoms with Crippen LogP contribution < -0.4 is 5.32 Å². The van der Waals surface area contributed by atoms with Crippen LogP contribution in [-0.2, 0) is 0 Å². The SMILES string of the molecule is CC(C)CCNC(=O)c1cccnc1F. The summed E-state index contributed by atoms with van der Waals surface area (Å²) in [5.41, 5.74) is 0.00116. The Morgan fingerprint density at radius 1 is 1.60 bits per heavy atom. The van der Waals surface area contributed by atoms with Gasteiger partial charge in [0, 0.05) is 12.7 Å². The van der Waals surface area contributed by atoms with E-state index in [2.05, 4.69) is 24.1 Å². The van der Waals surface area contributed by atoms with Crippen LogP contribution >= 0.6 is 0 Å². The minimum Gasteiger partial charge on any atom is -0.352 e. The minimum atomic E-state index is -0.723. The molecule has 0 spiro atoms. The van der Waals surface area contributed by atoms with Crippen LogP contribution in [0.3, 0.4) is 0 Å². The van der Waals surface area contributed by atoms with Crippen molar-refractivity contribution < 1.29 is 9.18 Å². The number of nitrogens with one attached hydrogen (secondary N) is 1. The second-order valence-corrected chi connectivity index (χ2v) is 3.78. The zero-order chi connectivity index (χ0) is 11.3. The van der Waals surface area contributed by atoms with Crippen molar-refractivity contribution in [2.45, 2.75) is 20.3 Å². The van der Waals surface area contributed by atoms with Gasteiger partial charge in [-0.3, -0.25) is 4.79 Å². The van der Waals surface area contributed by atoms with Crippen LogP contribution in [0.2, 0.25) is 0 Å². The summed E-state index contributed by atoms with van der Waals surface area (Å²) in [5, 5.41) is 2.65. The molecule has 3 nitrogen and oxygen atoms in total. The maximum absolute atomic E-state index is 13.1. The molecular formula is C11H15FN2O. The molecule has 1 amide bonds. The number of hydrogen-bond acceptors (Lipinski definition) is 2. The predicted octanol–water partition coefficient (Wildman–Crippen LogP) is 2.00. The first-order chi connectivity index (χ1) is 7.11. The highest BCUT2D eigenvalue weighted by molar-refractivity contribution is 5.94. The fourth-order valence-corrected chi connectivity index (χ4v) is 1.13. The monoisotopic (exact) mass is 210 g/mol. The fraction of sp³-hybridized carbons (Fsp3) is 0.455. The Hall–Kier alpha value is -1.45. The number of pyridine rings is 1. The summed E-state index contributed by atoms with van der Waals surface area (Å²) in [5.74, 6) is -0.607. The maximum atomic E-state index is 13.1. The second kappa shape index (κ2) is 5.44. The molecule has 1 aromatic heterocycles. The number of aromatic nitrogens is 1. The number of carbonyl (C=O) groups is 1. The molecule has 0 aromatic carbocycles. The minimum absolute atomic E-state index is 0.00116. The van der Waals surface area contributed by atoms with Crippen LogP contribution in [-0.4, -0.2) is 17.4 Å². The van der Waals surface area contributed by atoms with E-state index in [-0.39, 0.29) is 5.56 Å². The fourth-order valence-electron chi connectivity index (χ4n) is 1.13. The van der Waals surface area contributed by atoms with E-state index in [1.165, 1.54) is 12.3 Å². The van der Waals surface area contributed by atoms with Crippen LogP contribution in [0.5, 0.6) is 0 Å². The molecule has 0 radical (unpaired) electrons. The van der Waals surface area contributed by atoms with Gasteiger partial charge in [-0.1, -0.05) is 13.8 Å².